The predicted molar refractivity (Wildman–Crippen MR) is 120 cm³/mol. The third-order valence-electron chi connectivity index (χ3n) is 5.49. The molecule has 0 aliphatic carbocycles. The molecule has 32 heavy (non-hydrogen) atoms. The number of carbonyl (C=O) groups excluding carboxylic acids is 2. The molecule has 0 radical (unpaired) electrons. The molecule has 1 aliphatic heterocycles. The van der Waals surface area contributed by atoms with E-state index in [4.69, 9.17) is 11.6 Å². The van der Waals surface area contributed by atoms with Crippen molar-refractivity contribution in [3.8, 4) is 5.75 Å². The molecule has 1 saturated heterocycles. The maximum Gasteiger partial charge on any atom is 0.300 e. The number of carbonyl (C=O) groups is 2. The van der Waals surface area contributed by atoms with Gasteiger partial charge in [0.05, 0.1) is 17.3 Å². The number of aliphatic hydroxyl groups is 1. The van der Waals surface area contributed by atoms with E-state index in [-0.39, 0.29) is 27.8 Å². The fourth-order valence-electron chi connectivity index (χ4n) is 4.04. The molecule has 3 heterocycles. The van der Waals surface area contributed by atoms with E-state index in [1.54, 1.807) is 30.6 Å². The highest BCUT2D eigenvalue weighted by Gasteiger charge is 2.48. The Balaban J connectivity index is 1.78. The zero-order chi connectivity index (χ0) is 22.4. The number of halogens is 1. The SMILES string of the molecule is O=C1C(=O)N(c2cc(Cl)ccc2O)C(c2cccnc2)/C1=C(/O)c1c[nH]c2ccccc12. The summed E-state index contributed by atoms with van der Waals surface area (Å²) in [6.45, 7) is 0. The van der Waals surface area contributed by atoms with Crippen molar-refractivity contribution in [1.29, 1.82) is 0 Å². The van der Waals surface area contributed by atoms with Crippen LogP contribution in [0.1, 0.15) is 17.2 Å². The van der Waals surface area contributed by atoms with Gasteiger partial charge in [0.1, 0.15) is 11.5 Å². The normalized spacial score (nSPS) is 17.9. The number of aromatic hydroxyl groups is 1. The second-order valence-corrected chi connectivity index (χ2v) is 7.77. The fourth-order valence-corrected chi connectivity index (χ4v) is 4.20. The monoisotopic (exact) mass is 445 g/mol. The lowest BCUT2D eigenvalue weighted by atomic mass is 9.96. The molecule has 158 valence electrons. The molecule has 1 unspecified atom stereocenters. The first-order valence-electron chi connectivity index (χ1n) is 9.73. The number of ketones is 1. The summed E-state index contributed by atoms with van der Waals surface area (Å²) in [6, 6.07) is 13.9. The lowest BCUT2D eigenvalue weighted by Crippen LogP contribution is -2.29. The zero-order valence-electron chi connectivity index (χ0n) is 16.5. The number of phenols is 1. The van der Waals surface area contributed by atoms with Gasteiger partial charge in [-0.05, 0) is 35.9 Å². The van der Waals surface area contributed by atoms with Crippen molar-refractivity contribution >= 4 is 45.6 Å². The van der Waals surface area contributed by atoms with Crippen molar-refractivity contribution in [2.75, 3.05) is 4.90 Å². The topological polar surface area (TPSA) is 107 Å². The average molecular weight is 446 g/mol. The first-order chi connectivity index (χ1) is 15.5. The van der Waals surface area contributed by atoms with E-state index in [0.717, 1.165) is 10.4 Å². The summed E-state index contributed by atoms with van der Waals surface area (Å²) in [5, 5.41) is 22.7. The molecule has 2 aromatic carbocycles. The van der Waals surface area contributed by atoms with Gasteiger partial charge in [0.2, 0.25) is 0 Å². The van der Waals surface area contributed by atoms with Crippen molar-refractivity contribution in [1.82, 2.24) is 9.97 Å². The summed E-state index contributed by atoms with van der Waals surface area (Å²) in [4.78, 5) is 34.6. The highest BCUT2D eigenvalue weighted by Crippen LogP contribution is 2.45. The predicted octanol–water partition coefficient (Wildman–Crippen LogP) is 4.55. The number of aromatic nitrogens is 2. The van der Waals surface area contributed by atoms with Crippen molar-refractivity contribution in [2.45, 2.75) is 6.04 Å². The molecule has 1 atom stereocenters. The Kier molecular flexibility index (Phi) is 4.68. The number of aromatic amines is 1. The van der Waals surface area contributed by atoms with E-state index in [1.807, 2.05) is 18.2 Å². The van der Waals surface area contributed by atoms with Crippen LogP contribution in [0.2, 0.25) is 5.02 Å². The van der Waals surface area contributed by atoms with Crippen LogP contribution in [0.3, 0.4) is 0 Å². The van der Waals surface area contributed by atoms with Crippen molar-refractivity contribution in [3.63, 3.8) is 0 Å². The van der Waals surface area contributed by atoms with Gasteiger partial charge >= 0.3 is 0 Å². The Labute approximate surface area is 187 Å². The number of fused-ring (bicyclic) bond motifs is 1. The number of H-pyrrole nitrogens is 1. The van der Waals surface area contributed by atoms with Gasteiger partial charge in [-0.2, -0.15) is 0 Å². The Bertz CT molecular complexity index is 1410. The van der Waals surface area contributed by atoms with Crippen LogP contribution in [-0.2, 0) is 9.59 Å². The minimum absolute atomic E-state index is 0.0615. The highest BCUT2D eigenvalue weighted by atomic mass is 35.5. The molecule has 8 heteroatoms. The Hall–Kier alpha value is -4.10. The molecular formula is C24H16ClN3O4. The highest BCUT2D eigenvalue weighted by molar-refractivity contribution is 6.52. The van der Waals surface area contributed by atoms with Gasteiger partial charge in [-0.1, -0.05) is 35.9 Å². The van der Waals surface area contributed by atoms with Crippen LogP contribution in [-0.4, -0.2) is 31.9 Å². The van der Waals surface area contributed by atoms with Gasteiger partial charge in [0, 0.05) is 40.1 Å². The zero-order valence-corrected chi connectivity index (χ0v) is 17.2. The van der Waals surface area contributed by atoms with Crippen LogP contribution in [0.25, 0.3) is 16.7 Å². The Morgan fingerprint density at radius 3 is 2.69 bits per heavy atom. The van der Waals surface area contributed by atoms with Crippen LogP contribution < -0.4 is 4.90 Å². The molecule has 1 fully saturated rings. The van der Waals surface area contributed by atoms with E-state index in [0.29, 0.717) is 16.5 Å². The summed E-state index contributed by atoms with van der Waals surface area (Å²) in [7, 11) is 0. The minimum Gasteiger partial charge on any atom is -0.507 e. The van der Waals surface area contributed by atoms with Gasteiger partial charge in [-0.3, -0.25) is 19.5 Å². The van der Waals surface area contributed by atoms with E-state index < -0.39 is 17.7 Å². The number of para-hydroxylation sites is 1. The van der Waals surface area contributed by atoms with E-state index in [1.165, 1.54) is 24.4 Å². The first kappa shape index (κ1) is 19.8. The molecule has 0 spiro atoms. The van der Waals surface area contributed by atoms with Crippen molar-refractivity contribution < 1.29 is 19.8 Å². The molecule has 0 bridgehead atoms. The number of Topliss-reactive ketones (excluding diaryl/α,β-unsaturated/α-hetero) is 1. The Morgan fingerprint density at radius 2 is 1.91 bits per heavy atom. The van der Waals surface area contributed by atoms with E-state index >= 15 is 0 Å². The number of phenolic OH excluding ortho intramolecular Hbond substituents is 1. The largest absolute Gasteiger partial charge is 0.507 e. The number of anilines is 1. The van der Waals surface area contributed by atoms with E-state index in [9.17, 15) is 19.8 Å². The molecule has 7 nitrogen and oxygen atoms in total. The van der Waals surface area contributed by atoms with Crippen LogP contribution in [0.15, 0.2) is 78.8 Å². The summed E-state index contributed by atoms with van der Waals surface area (Å²) < 4.78 is 0. The number of rotatable bonds is 3. The summed E-state index contributed by atoms with van der Waals surface area (Å²) in [5.74, 6) is -2.31. The standard InChI is InChI=1S/C24H16ClN3O4/c25-14-7-8-19(29)18(10-14)28-21(13-4-3-9-26-11-13)20(23(31)24(28)32)22(30)16-12-27-17-6-2-1-5-15(16)17/h1-12,21,27,29-30H/b22-20-. The minimum atomic E-state index is -1.01. The molecule has 0 saturated carbocycles. The molecule has 5 rings (SSSR count). The number of amides is 1. The fraction of sp³-hybridized carbons (Fsp3) is 0.0417. The van der Waals surface area contributed by atoms with Crippen molar-refractivity contribution in [2.24, 2.45) is 0 Å². The number of hydrogen-bond acceptors (Lipinski definition) is 5. The van der Waals surface area contributed by atoms with Gasteiger partial charge < -0.3 is 15.2 Å². The quantitative estimate of drug-likeness (QED) is 0.244. The number of nitrogens with zero attached hydrogens (tertiary/aromatic N) is 2. The molecule has 1 aliphatic rings. The van der Waals surface area contributed by atoms with Crippen LogP contribution in [0, 0.1) is 0 Å². The number of aliphatic hydroxyl groups excluding tert-OH is 1. The average Bonchev–Trinajstić information content (AvgIpc) is 3.35. The molecule has 3 N–H and O–H groups in total. The van der Waals surface area contributed by atoms with Crippen molar-refractivity contribution in [3.05, 3.63) is 94.9 Å². The number of nitrogens with one attached hydrogen (secondary N) is 1. The maximum atomic E-state index is 13.2. The third kappa shape index (κ3) is 3.02. The molecular weight excluding hydrogens is 430 g/mol. The summed E-state index contributed by atoms with van der Waals surface area (Å²) >= 11 is 6.11. The van der Waals surface area contributed by atoms with Gasteiger partial charge in [-0.15, -0.1) is 0 Å². The first-order valence-corrected chi connectivity index (χ1v) is 10.1. The number of benzene rings is 2. The molecule has 2 aromatic heterocycles. The molecule has 1 amide bonds. The second-order valence-electron chi connectivity index (χ2n) is 7.34. The summed E-state index contributed by atoms with van der Waals surface area (Å²) in [5.41, 5.74) is 1.61. The van der Waals surface area contributed by atoms with Gasteiger partial charge in [0.15, 0.2) is 0 Å². The second kappa shape index (κ2) is 7.55. The van der Waals surface area contributed by atoms with E-state index in [2.05, 4.69) is 9.97 Å². The van der Waals surface area contributed by atoms with Gasteiger partial charge in [-0.25, -0.2) is 0 Å². The van der Waals surface area contributed by atoms with Crippen LogP contribution in [0.4, 0.5) is 5.69 Å². The van der Waals surface area contributed by atoms with Crippen LogP contribution in [0.5, 0.6) is 5.75 Å². The lowest BCUT2D eigenvalue weighted by molar-refractivity contribution is -0.132. The maximum absolute atomic E-state index is 13.2. The van der Waals surface area contributed by atoms with Gasteiger partial charge in [0.25, 0.3) is 11.7 Å². The Morgan fingerprint density at radius 1 is 1.09 bits per heavy atom. The number of hydrogen-bond donors (Lipinski definition) is 3. The lowest BCUT2D eigenvalue weighted by Gasteiger charge is -2.25. The summed E-state index contributed by atoms with van der Waals surface area (Å²) in [6.07, 6.45) is 4.66. The number of pyridine rings is 1. The third-order valence-corrected chi connectivity index (χ3v) is 5.72. The smallest absolute Gasteiger partial charge is 0.300 e. The molecule has 4 aromatic rings. The van der Waals surface area contributed by atoms with Crippen LogP contribution >= 0.6 is 11.6 Å².